The Hall–Kier alpha value is -4.14. The highest BCUT2D eigenvalue weighted by Crippen LogP contribution is 2.46. The zero-order valence-corrected chi connectivity index (χ0v) is 20.7. The fraction of sp³-hybridized carbons (Fsp3) is 0.321. The van der Waals surface area contributed by atoms with Gasteiger partial charge in [0.2, 0.25) is 5.88 Å². The maximum atomic E-state index is 14.0. The number of allylic oxidation sites excluding steroid dienone is 5. The molecular weight excluding hydrogens is 471 g/mol. The second-order valence-electron chi connectivity index (χ2n) is 10.0. The highest BCUT2D eigenvalue weighted by Gasteiger charge is 2.51. The number of nitrogens with zero attached hydrogens (tertiary/aromatic N) is 4. The zero-order valence-electron chi connectivity index (χ0n) is 20.7. The zero-order chi connectivity index (χ0) is 25.7. The summed E-state index contributed by atoms with van der Waals surface area (Å²) in [6.07, 6.45) is 11.2. The summed E-state index contributed by atoms with van der Waals surface area (Å²) >= 11 is 0. The van der Waals surface area contributed by atoms with Crippen LogP contribution < -0.4 is 15.6 Å². The Kier molecular flexibility index (Phi) is 5.51. The third-order valence-corrected chi connectivity index (χ3v) is 7.12. The maximum Gasteiger partial charge on any atom is 0.281 e. The first-order chi connectivity index (χ1) is 17.8. The number of nitrogens with one attached hydrogen (secondary N) is 2. The van der Waals surface area contributed by atoms with Gasteiger partial charge in [-0.2, -0.15) is 9.78 Å². The summed E-state index contributed by atoms with van der Waals surface area (Å²) < 4.78 is 21.1. The molecule has 3 aliphatic carbocycles. The van der Waals surface area contributed by atoms with Gasteiger partial charge in [0, 0.05) is 54.2 Å². The van der Waals surface area contributed by atoms with Gasteiger partial charge in [0.1, 0.15) is 16.7 Å². The Bertz CT molecular complexity index is 1560. The van der Waals surface area contributed by atoms with Gasteiger partial charge >= 0.3 is 0 Å². The molecule has 0 bridgehead atoms. The van der Waals surface area contributed by atoms with Gasteiger partial charge in [-0.25, -0.2) is 9.37 Å². The predicted octanol–water partition coefficient (Wildman–Crippen LogP) is 4.39. The summed E-state index contributed by atoms with van der Waals surface area (Å²) in [5, 5.41) is 15.7. The summed E-state index contributed by atoms with van der Waals surface area (Å²) in [5.41, 5.74) is 2.87. The van der Waals surface area contributed by atoms with Crippen LogP contribution in [0.25, 0.3) is 27.9 Å². The highest BCUT2D eigenvalue weighted by molar-refractivity contribution is 6.12. The van der Waals surface area contributed by atoms with E-state index in [2.05, 4.69) is 20.4 Å². The van der Waals surface area contributed by atoms with Crippen LogP contribution in [-0.2, 0) is 0 Å². The second-order valence-corrected chi connectivity index (χ2v) is 10.0. The van der Waals surface area contributed by atoms with Crippen LogP contribution in [0, 0.1) is 11.3 Å². The molecule has 6 rings (SSSR count). The van der Waals surface area contributed by atoms with Gasteiger partial charge in [0.05, 0.1) is 23.6 Å². The normalized spacial score (nSPS) is 23.9. The fourth-order valence-corrected chi connectivity index (χ4v) is 4.55. The van der Waals surface area contributed by atoms with E-state index >= 15 is 0 Å². The van der Waals surface area contributed by atoms with Gasteiger partial charge in [-0.15, -0.1) is 0 Å². The monoisotopic (exact) mass is 498 g/mol. The van der Waals surface area contributed by atoms with Crippen LogP contribution in [0.2, 0.25) is 0 Å². The second kappa shape index (κ2) is 8.76. The van der Waals surface area contributed by atoms with Crippen molar-refractivity contribution in [3.63, 3.8) is 0 Å². The molecule has 37 heavy (non-hydrogen) atoms. The molecule has 0 saturated heterocycles. The van der Waals surface area contributed by atoms with Crippen molar-refractivity contribution in [2.24, 2.45) is 5.92 Å². The third-order valence-electron chi connectivity index (χ3n) is 7.12. The number of hydrogen-bond donors (Lipinski definition) is 2. The molecule has 2 N–H and O–H groups in total. The van der Waals surface area contributed by atoms with Gasteiger partial charge in [-0.3, -0.25) is 9.78 Å². The number of hydrogen-bond acceptors (Lipinski definition) is 7. The Morgan fingerprint density at radius 2 is 2.08 bits per heavy atom. The van der Waals surface area contributed by atoms with Crippen LogP contribution in [-0.4, -0.2) is 44.8 Å². The fourth-order valence-electron chi connectivity index (χ4n) is 4.55. The molecule has 0 amide bonds. The van der Waals surface area contributed by atoms with Gasteiger partial charge < -0.3 is 15.5 Å². The highest BCUT2D eigenvalue weighted by atomic mass is 19.1. The first-order valence-corrected chi connectivity index (χ1v) is 12.4. The Morgan fingerprint density at radius 3 is 2.76 bits per heavy atom. The van der Waals surface area contributed by atoms with E-state index < -0.39 is 5.67 Å². The molecule has 2 saturated carbocycles. The molecule has 2 fully saturated rings. The minimum Gasteiger partial charge on any atom is -0.477 e. The molecule has 8 nitrogen and oxygen atoms in total. The van der Waals surface area contributed by atoms with Crippen molar-refractivity contribution in [1.82, 2.24) is 25.1 Å². The number of fused-ring (bicyclic) bond motifs is 1. The molecular formula is C28H27FN6O2. The van der Waals surface area contributed by atoms with Crippen molar-refractivity contribution in [2.75, 3.05) is 13.7 Å². The molecule has 3 aromatic heterocycles. The van der Waals surface area contributed by atoms with E-state index in [1.807, 2.05) is 12.1 Å². The maximum absolute atomic E-state index is 14.0. The first-order valence-electron chi connectivity index (χ1n) is 12.4. The van der Waals surface area contributed by atoms with Crippen LogP contribution in [0.1, 0.15) is 37.8 Å². The van der Waals surface area contributed by atoms with E-state index in [1.54, 1.807) is 56.7 Å². The molecule has 9 heteroatoms. The molecule has 0 spiro atoms. The summed E-state index contributed by atoms with van der Waals surface area (Å²) in [6.45, 7) is 1.80. The number of aromatic nitrogens is 4. The summed E-state index contributed by atoms with van der Waals surface area (Å²) in [5.74, 6) is 0.660. The van der Waals surface area contributed by atoms with Crippen molar-refractivity contribution >= 4 is 22.4 Å². The molecule has 0 radical (unpaired) electrons. The number of pyridine rings is 2. The molecule has 2 atom stereocenters. The lowest BCUT2D eigenvalue weighted by molar-refractivity contribution is 0.233. The lowest BCUT2D eigenvalue weighted by Gasteiger charge is -2.15. The van der Waals surface area contributed by atoms with Crippen molar-refractivity contribution in [1.29, 1.82) is 5.41 Å². The molecule has 3 heterocycles. The van der Waals surface area contributed by atoms with Crippen molar-refractivity contribution in [2.45, 2.75) is 37.8 Å². The number of alkyl halides is 1. The first kappa shape index (κ1) is 23.3. The Balaban J connectivity index is 1.47. The summed E-state index contributed by atoms with van der Waals surface area (Å²) in [6, 6.07) is 7.31. The smallest absolute Gasteiger partial charge is 0.281 e. The average Bonchev–Trinajstić information content (AvgIpc) is 3.81. The Morgan fingerprint density at radius 1 is 1.27 bits per heavy atom. The van der Waals surface area contributed by atoms with Gasteiger partial charge in [0.25, 0.3) is 5.56 Å². The standard InChI is InChI=1S/C28H27FN6O2/c1-28(29)12-19(28)15-37-24-10-9-23-26(33-24)25(17-5-8-22(32-14-17)16-3-4-16)27(36)35(34-23)20-6-7-21(30)18(11-20)13-31-2/h5-11,13-14,16,19,30-31H,3-4,12,15H2,1-2H3/b18-13-,30-21?. The number of rotatable bonds is 7. The largest absolute Gasteiger partial charge is 0.477 e. The molecule has 3 aliphatic rings. The molecule has 2 unspecified atom stereocenters. The van der Waals surface area contributed by atoms with Crippen molar-refractivity contribution in [3.05, 3.63) is 76.5 Å². The van der Waals surface area contributed by atoms with E-state index in [9.17, 15) is 9.18 Å². The van der Waals surface area contributed by atoms with Crippen LogP contribution in [0.5, 0.6) is 5.88 Å². The molecule has 0 aliphatic heterocycles. The minimum atomic E-state index is -1.19. The van der Waals surface area contributed by atoms with Crippen LogP contribution >= 0.6 is 0 Å². The van der Waals surface area contributed by atoms with Crippen molar-refractivity contribution < 1.29 is 9.13 Å². The molecule has 0 aromatic carbocycles. The number of ether oxygens (including phenoxy) is 1. The molecule has 3 aromatic rings. The Labute approximate surface area is 213 Å². The van der Waals surface area contributed by atoms with Crippen molar-refractivity contribution in [3.8, 4) is 17.0 Å². The van der Waals surface area contributed by atoms with Crippen LogP contribution in [0.15, 0.2) is 65.3 Å². The van der Waals surface area contributed by atoms with Gasteiger partial charge in [-0.05, 0) is 56.5 Å². The van der Waals surface area contributed by atoms with E-state index in [0.717, 1.165) is 18.5 Å². The van der Waals surface area contributed by atoms with E-state index in [1.165, 1.54) is 4.68 Å². The van der Waals surface area contributed by atoms with E-state index in [0.29, 0.717) is 57.4 Å². The lowest BCUT2D eigenvalue weighted by Crippen LogP contribution is -2.25. The quantitative estimate of drug-likeness (QED) is 0.501. The summed E-state index contributed by atoms with van der Waals surface area (Å²) in [4.78, 5) is 23.2. The van der Waals surface area contributed by atoms with Gasteiger partial charge in [-0.1, -0.05) is 6.07 Å². The van der Waals surface area contributed by atoms with Gasteiger partial charge in [0.15, 0.2) is 0 Å². The van der Waals surface area contributed by atoms with E-state index in [-0.39, 0.29) is 18.1 Å². The van der Waals surface area contributed by atoms with E-state index in [4.69, 9.17) is 10.1 Å². The third kappa shape index (κ3) is 4.45. The SMILES string of the molecule is CN/C=C1/C=C(n2nc3ccc(OCC4CC4(C)F)nc3c(-c3ccc(C4CC4)nc3)c2=O)C=CC1=N. The number of halogens is 1. The predicted molar refractivity (Wildman–Crippen MR) is 140 cm³/mol. The summed E-state index contributed by atoms with van der Waals surface area (Å²) in [7, 11) is 1.76. The average molecular weight is 499 g/mol. The van der Waals surface area contributed by atoms with Crippen LogP contribution in [0.3, 0.4) is 0 Å². The topological polar surface area (TPSA) is 106 Å². The van der Waals surface area contributed by atoms with Crippen LogP contribution in [0.4, 0.5) is 4.39 Å². The lowest BCUT2D eigenvalue weighted by atomic mass is 10.0. The molecule has 188 valence electrons. The minimum absolute atomic E-state index is 0.154.